The molecule has 1 unspecified atom stereocenters. The second-order valence-electron chi connectivity index (χ2n) is 5.12. The van der Waals surface area contributed by atoms with E-state index in [1.165, 1.54) is 3.57 Å². The van der Waals surface area contributed by atoms with Gasteiger partial charge < -0.3 is 4.74 Å². The molecule has 0 fully saturated rings. The number of para-hydroxylation sites is 1. The number of carbonyl (C=O) groups excluding carboxylic acids is 1. The Kier molecular flexibility index (Phi) is 4.31. The van der Waals surface area contributed by atoms with E-state index in [4.69, 9.17) is 4.74 Å². The molecular formula is C18H16INO2. The van der Waals surface area contributed by atoms with E-state index < -0.39 is 0 Å². The normalized spacial score (nSPS) is 18.6. The molecule has 2 aromatic rings. The summed E-state index contributed by atoms with van der Waals surface area (Å²) in [6, 6.07) is 16.1. The molecule has 0 radical (unpaired) electrons. The zero-order valence-electron chi connectivity index (χ0n) is 12.4. The molecule has 2 aromatic carbocycles. The maximum absolute atomic E-state index is 12.1. The third kappa shape index (κ3) is 2.57. The maximum Gasteiger partial charge on any atom is 0.226 e. The van der Waals surface area contributed by atoms with Gasteiger partial charge in [-0.15, -0.1) is 0 Å². The standard InChI is InChI=1S/C18H16INO2/c1-12(21)20-17-10-6-4-8-14(17)15(18(20)22-2)11-13-7-3-5-9-16(13)19/h3-11,18H,1-2H3/b15-11-. The zero-order valence-corrected chi connectivity index (χ0v) is 14.6. The fourth-order valence-electron chi connectivity index (χ4n) is 2.80. The predicted molar refractivity (Wildman–Crippen MR) is 97.4 cm³/mol. The van der Waals surface area contributed by atoms with Crippen LogP contribution in [0.2, 0.25) is 0 Å². The van der Waals surface area contributed by atoms with Crippen molar-refractivity contribution in [2.45, 2.75) is 13.2 Å². The molecule has 0 bridgehead atoms. The molecule has 22 heavy (non-hydrogen) atoms. The number of hydrogen-bond acceptors (Lipinski definition) is 2. The van der Waals surface area contributed by atoms with Gasteiger partial charge in [-0.05, 0) is 46.4 Å². The molecule has 0 saturated carbocycles. The Bertz CT molecular complexity index is 754. The van der Waals surface area contributed by atoms with Gasteiger partial charge in [-0.25, -0.2) is 0 Å². The van der Waals surface area contributed by atoms with Gasteiger partial charge in [0.15, 0.2) is 6.23 Å². The second kappa shape index (κ2) is 6.22. The van der Waals surface area contributed by atoms with Crippen LogP contribution in [0.4, 0.5) is 5.69 Å². The summed E-state index contributed by atoms with van der Waals surface area (Å²) in [5, 5.41) is 0. The Hall–Kier alpha value is -1.66. The fourth-order valence-corrected chi connectivity index (χ4v) is 3.35. The number of fused-ring (bicyclic) bond motifs is 1. The third-order valence-corrected chi connectivity index (χ3v) is 4.74. The number of hydrogen-bond donors (Lipinski definition) is 0. The van der Waals surface area contributed by atoms with Crippen LogP contribution in [0.1, 0.15) is 18.1 Å². The van der Waals surface area contributed by atoms with E-state index in [-0.39, 0.29) is 12.1 Å². The zero-order chi connectivity index (χ0) is 15.7. The Morgan fingerprint density at radius 1 is 1.18 bits per heavy atom. The van der Waals surface area contributed by atoms with Crippen molar-refractivity contribution >= 4 is 45.8 Å². The van der Waals surface area contributed by atoms with Crippen molar-refractivity contribution in [1.29, 1.82) is 0 Å². The molecule has 1 aliphatic heterocycles. The summed E-state index contributed by atoms with van der Waals surface area (Å²) in [5.41, 5.74) is 4.08. The molecular weight excluding hydrogens is 389 g/mol. The first-order chi connectivity index (χ1) is 10.6. The topological polar surface area (TPSA) is 29.5 Å². The van der Waals surface area contributed by atoms with Crippen molar-refractivity contribution in [3.8, 4) is 0 Å². The van der Waals surface area contributed by atoms with Gasteiger partial charge in [-0.2, -0.15) is 0 Å². The van der Waals surface area contributed by atoms with Crippen LogP contribution in [-0.2, 0) is 9.53 Å². The molecule has 1 aliphatic rings. The Morgan fingerprint density at radius 2 is 1.86 bits per heavy atom. The highest BCUT2D eigenvalue weighted by atomic mass is 127. The van der Waals surface area contributed by atoms with Crippen molar-refractivity contribution in [3.05, 3.63) is 63.2 Å². The Balaban J connectivity index is 2.18. The minimum Gasteiger partial charge on any atom is -0.357 e. The van der Waals surface area contributed by atoms with Gasteiger partial charge in [0.25, 0.3) is 0 Å². The van der Waals surface area contributed by atoms with Crippen LogP contribution in [0.25, 0.3) is 11.6 Å². The number of methoxy groups -OCH3 is 1. The number of carbonyl (C=O) groups is 1. The molecule has 4 heteroatoms. The molecule has 1 heterocycles. The molecule has 0 saturated heterocycles. The number of rotatable bonds is 2. The molecule has 1 amide bonds. The van der Waals surface area contributed by atoms with Crippen molar-refractivity contribution < 1.29 is 9.53 Å². The van der Waals surface area contributed by atoms with Gasteiger partial charge >= 0.3 is 0 Å². The van der Waals surface area contributed by atoms with Crippen LogP contribution in [0.15, 0.2) is 48.5 Å². The summed E-state index contributed by atoms with van der Waals surface area (Å²) >= 11 is 2.32. The van der Waals surface area contributed by atoms with E-state index in [2.05, 4.69) is 40.8 Å². The Morgan fingerprint density at radius 3 is 2.55 bits per heavy atom. The van der Waals surface area contributed by atoms with Crippen LogP contribution >= 0.6 is 22.6 Å². The van der Waals surface area contributed by atoms with Gasteiger partial charge in [0.05, 0.1) is 5.69 Å². The van der Waals surface area contributed by atoms with Crippen LogP contribution < -0.4 is 4.90 Å². The lowest BCUT2D eigenvalue weighted by atomic mass is 10.0. The average molecular weight is 405 g/mol. The highest BCUT2D eigenvalue weighted by Crippen LogP contribution is 2.41. The number of amides is 1. The van der Waals surface area contributed by atoms with Gasteiger partial charge in [-0.1, -0.05) is 36.4 Å². The molecule has 0 aliphatic carbocycles. The first kappa shape index (κ1) is 15.2. The molecule has 0 aromatic heterocycles. The highest BCUT2D eigenvalue weighted by molar-refractivity contribution is 14.1. The van der Waals surface area contributed by atoms with Crippen molar-refractivity contribution in [2.75, 3.05) is 12.0 Å². The number of benzene rings is 2. The average Bonchev–Trinajstić information content (AvgIpc) is 2.83. The van der Waals surface area contributed by atoms with Gasteiger partial charge in [0, 0.05) is 28.7 Å². The highest BCUT2D eigenvalue weighted by Gasteiger charge is 2.36. The lowest BCUT2D eigenvalue weighted by Crippen LogP contribution is -2.36. The van der Waals surface area contributed by atoms with Gasteiger partial charge in [0.1, 0.15) is 0 Å². The summed E-state index contributed by atoms with van der Waals surface area (Å²) in [7, 11) is 1.64. The van der Waals surface area contributed by atoms with Crippen LogP contribution in [0, 0.1) is 3.57 Å². The Labute approximate surface area is 143 Å². The fraction of sp³-hybridized carbons (Fsp3) is 0.167. The van der Waals surface area contributed by atoms with Gasteiger partial charge in [0.2, 0.25) is 5.91 Å². The van der Waals surface area contributed by atoms with Gasteiger partial charge in [-0.3, -0.25) is 9.69 Å². The summed E-state index contributed by atoms with van der Waals surface area (Å²) in [4.78, 5) is 13.8. The van der Waals surface area contributed by atoms with E-state index in [0.717, 1.165) is 22.4 Å². The van der Waals surface area contributed by atoms with E-state index in [9.17, 15) is 4.79 Å². The maximum atomic E-state index is 12.1. The minimum absolute atomic E-state index is 0.0227. The van der Waals surface area contributed by atoms with Crippen LogP contribution in [0.3, 0.4) is 0 Å². The molecule has 3 nitrogen and oxygen atoms in total. The SMILES string of the molecule is COC1/C(=C\c2ccccc2I)c2ccccc2N1C(C)=O. The van der Waals surface area contributed by atoms with Crippen LogP contribution in [-0.4, -0.2) is 19.2 Å². The molecule has 1 atom stereocenters. The third-order valence-electron chi connectivity index (χ3n) is 3.75. The quantitative estimate of drug-likeness (QED) is 0.702. The van der Waals surface area contributed by atoms with Crippen molar-refractivity contribution in [3.63, 3.8) is 0 Å². The molecule has 3 rings (SSSR count). The number of anilines is 1. The van der Waals surface area contributed by atoms with E-state index in [0.29, 0.717) is 0 Å². The van der Waals surface area contributed by atoms with E-state index >= 15 is 0 Å². The predicted octanol–water partition coefficient (Wildman–Crippen LogP) is 4.17. The summed E-state index contributed by atoms with van der Waals surface area (Å²) < 4.78 is 6.79. The molecule has 0 spiro atoms. The summed E-state index contributed by atoms with van der Waals surface area (Å²) in [5.74, 6) is -0.0227. The second-order valence-corrected chi connectivity index (χ2v) is 6.28. The largest absolute Gasteiger partial charge is 0.357 e. The summed E-state index contributed by atoms with van der Waals surface area (Å²) in [6.45, 7) is 1.57. The lowest BCUT2D eigenvalue weighted by molar-refractivity contribution is -0.118. The first-order valence-electron chi connectivity index (χ1n) is 7.01. The molecule has 112 valence electrons. The monoisotopic (exact) mass is 405 g/mol. The van der Waals surface area contributed by atoms with E-state index in [1.807, 2.05) is 36.4 Å². The first-order valence-corrected chi connectivity index (χ1v) is 8.09. The lowest BCUT2D eigenvalue weighted by Gasteiger charge is -2.23. The molecule has 0 N–H and O–H groups in total. The number of ether oxygens (including phenoxy) is 1. The number of nitrogens with zero attached hydrogens (tertiary/aromatic N) is 1. The minimum atomic E-state index is -0.383. The number of halogens is 1. The van der Waals surface area contributed by atoms with Crippen molar-refractivity contribution in [2.24, 2.45) is 0 Å². The van der Waals surface area contributed by atoms with Crippen molar-refractivity contribution in [1.82, 2.24) is 0 Å². The summed E-state index contributed by atoms with van der Waals surface area (Å²) in [6.07, 6.45) is 1.73. The smallest absolute Gasteiger partial charge is 0.226 e. The van der Waals surface area contributed by atoms with Crippen LogP contribution in [0.5, 0.6) is 0 Å². The van der Waals surface area contributed by atoms with E-state index in [1.54, 1.807) is 18.9 Å².